The second-order valence-corrected chi connectivity index (χ2v) is 6.69. The van der Waals surface area contributed by atoms with Crippen LogP contribution in [0.15, 0.2) is 0 Å². The van der Waals surface area contributed by atoms with Crippen LogP contribution < -0.4 is 5.32 Å². The Labute approximate surface area is 102 Å². The van der Waals surface area contributed by atoms with Crippen molar-refractivity contribution in [3.05, 3.63) is 0 Å². The second kappa shape index (κ2) is 5.05. The second-order valence-electron chi connectivity index (χ2n) is 6.69. The van der Waals surface area contributed by atoms with E-state index >= 15 is 0 Å². The van der Waals surface area contributed by atoms with Crippen molar-refractivity contribution in [1.29, 1.82) is 0 Å². The molecular formula is C14H30N2. The molecule has 1 fully saturated rings. The number of hydrogen-bond donors (Lipinski definition) is 1. The van der Waals surface area contributed by atoms with Crippen LogP contribution in [0, 0.1) is 11.3 Å². The Morgan fingerprint density at radius 3 is 2.50 bits per heavy atom. The van der Waals surface area contributed by atoms with E-state index < -0.39 is 0 Å². The molecule has 2 nitrogen and oxygen atoms in total. The van der Waals surface area contributed by atoms with Crippen LogP contribution >= 0.6 is 0 Å². The van der Waals surface area contributed by atoms with E-state index in [1.807, 2.05) is 0 Å². The Morgan fingerprint density at radius 1 is 1.38 bits per heavy atom. The van der Waals surface area contributed by atoms with Crippen LogP contribution in [-0.2, 0) is 0 Å². The Kier molecular flexibility index (Phi) is 4.42. The van der Waals surface area contributed by atoms with Crippen molar-refractivity contribution in [2.45, 2.75) is 53.5 Å². The zero-order chi connectivity index (χ0) is 12.4. The number of piperazine rings is 1. The molecule has 0 amide bonds. The minimum atomic E-state index is 0.325. The van der Waals surface area contributed by atoms with Crippen molar-refractivity contribution in [1.82, 2.24) is 10.2 Å². The lowest BCUT2D eigenvalue weighted by molar-refractivity contribution is 0.0782. The van der Waals surface area contributed by atoms with Crippen molar-refractivity contribution in [2.24, 2.45) is 11.3 Å². The molecule has 1 saturated heterocycles. The van der Waals surface area contributed by atoms with Crippen LogP contribution in [0.4, 0.5) is 0 Å². The summed E-state index contributed by atoms with van der Waals surface area (Å²) in [6.45, 7) is 18.8. The van der Waals surface area contributed by atoms with Crippen molar-refractivity contribution >= 4 is 0 Å². The average Bonchev–Trinajstić information content (AvgIpc) is 2.17. The maximum Gasteiger partial charge on any atom is 0.0278 e. The van der Waals surface area contributed by atoms with Gasteiger partial charge in [0.25, 0.3) is 0 Å². The lowest BCUT2D eigenvalue weighted by Crippen LogP contribution is -2.59. The van der Waals surface area contributed by atoms with Crippen LogP contribution in [0.5, 0.6) is 0 Å². The third-order valence-electron chi connectivity index (χ3n) is 4.53. The molecule has 0 saturated carbocycles. The van der Waals surface area contributed by atoms with Gasteiger partial charge in [0.1, 0.15) is 0 Å². The first-order valence-corrected chi connectivity index (χ1v) is 6.76. The van der Waals surface area contributed by atoms with Gasteiger partial charge in [-0.05, 0) is 24.7 Å². The topological polar surface area (TPSA) is 15.3 Å². The number of hydrogen-bond acceptors (Lipinski definition) is 2. The molecule has 0 aromatic heterocycles. The fraction of sp³-hybridized carbons (Fsp3) is 1.00. The van der Waals surface area contributed by atoms with Crippen molar-refractivity contribution in [3.63, 3.8) is 0 Å². The van der Waals surface area contributed by atoms with Gasteiger partial charge in [-0.15, -0.1) is 0 Å². The molecule has 0 spiro atoms. The number of nitrogens with zero attached hydrogens (tertiary/aromatic N) is 1. The largest absolute Gasteiger partial charge is 0.309 e. The van der Waals surface area contributed by atoms with Gasteiger partial charge in [0.2, 0.25) is 0 Å². The van der Waals surface area contributed by atoms with E-state index in [2.05, 4.69) is 51.8 Å². The third kappa shape index (κ3) is 3.46. The molecule has 0 aromatic rings. The summed E-state index contributed by atoms with van der Waals surface area (Å²) in [5.41, 5.74) is 0.747. The average molecular weight is 226 g/mol. The molecule has 1 heterocycles. The van der Waals surface area contributed by atoms with Crippen molar-refractivity contribution in [3.8, 4) is 0 Å². The van der Waals surface area contributed by atoms with Crippen molar-refractivity contribution in [2.75, 3.05) is 26.2 Å². The molecule has 0 aliphatic carbocycles. The summed E-state index contributed by atoms with van der Waals surface area (Å²) in [7, 11) is 0. The Bertz CT molecular complexity index is 223. The molecule has 16 heavy (non-hydrogen) atoms. The van der Waals surface area contributed by atoms with E-state index in [1.165, 1.54) is 26.1 Å². The summed E-state index contributed by atoms with van der Waals surface area (Å²) in [4.78, 5) is 2.64. The molecule has 1 rings (SSSR count). The zero-order valence-corrected chi connectivity index (χ0v) is 12.1. The minimum absolute atomic E-state index is 0.325. The van der Waals surface area contributed by atoms with Gasteiger partial charge in [-0.1, -0.05) is 34.6 Å². The molecular weight excluding hydrogens is 196 g/mol. The highest BCUT2D eigenvalue weighted by Crippen LogP contribution is 2.28. The predicted octanol–water partition coefficient (Wildman–Crippen LogP) is 2.74. The molecule has 1 N–H and O–H groups in total. The van der Waals surface area contributed by atoms with E-state index in [0.29, 0.717) is 11.0 Å². The fourth-order valence-electron chi connectivity index (χ4n) is 2.27. The molecule has 0 radical (unpaired) electrons. The van der Waals surface area contributed by atoms with Gasteiger partial charge in [0.15, 0.2) is 0 Å². The molecule has 1 aliphatic heterocycles. The van der Waals surface area contributed by atoms with E-state index in [0.717, 1.165) is 12.5 Å². The van der Waals surface area contributed by atoms with E-state index in [1.54, 1.807) is 0 Å². The minimum Gasteiger partial charge on any atom is -0.309 e. The Morgan fingerprint density at radius 2 is 2.00 bits per heavy atom. The molecule has 96 valence electrons. The number of nitrogens with one attached hydrogen (secondary N) is 1. The molecule has 0 bridgehead atoms. The first-order valence-electron chi connectivity index (χ1n) is 6.76. The lowest BCUT2D eigenvalue weighted by atomic mass is 9.80. The standard InChI is InChI=1S/C14H30N2/c1-7-14(6)11-16(9-8-15-14)10-13(4,5)12(2)3/h12,15H,7-11H2,1-6H3. The van der Waals surface area contributed by atoms with Gasteiger partial charge in [0.05, 0.1) is 0 Å². The van der Waals surface area contributed by atoms with Crippen LogP contribution in [0.1, 0.15) is 48.0 Å². The van der Waals surface area contributed by atoms with Gasteiger partial charge in [-0.3, -0.25) is 4.90 Å². The predicted molar refractivity (Wildman–Crippen MR) is 71.8 cm³/mol. The smallest absolute Gasteiger partial charge is 0.0278 e. The Hall–Kier alpha value is -0.0800. The van der Waals surface area contributed by atoms with Crippen LogP contribution in [0.3, 0.4) is 0 Å². The Balaban J connectivity index is 2.55. The highest BCUT2D eigenvalue weighted by molar-refractivity contribution is 4.91. The third-order valence-corrected chi connectivity index (χ3v) is 4.53. The summed E-state index contributed by atoms with van der Waals surface area (Å²) in [5, 5.41) is 3.65. The summed E-state index contributed by atoms with van der Waals surface area (Å²) in [6.07, 6.45) is 1.21. The van der Waals surface area contributed by atoms with Gasteiger partial charge >= 0.3 is 0 Å². The van der Waals surface area contributed by atoms with E-state index in [4.69, 9.17) is 0 Å². The molecule has 1 atom stereocenters. The molecule has 0 aromatic carbocycles. The maximum absolute atomic E-state index is 3.65. The SMILES string of the molecule is CCC1(C)CN(CC(C)(C)C(C)C)CCN1. The monoisotopic (exact) mass is 226 g/mol. The summed E-state index contributed by atoms with van der Waals surface area (Å²) < 4.78 is 0. The maximum atomic E-state index is 3.65. The lowest BCUT2D eigenvalue weighted by Gasteiger charge is -2.44. The van der Waals surface area contributed by atoms with E-state index in [9.17, 15) is 0 Å². The van der Waals surface area contributed by atoms with Gasteiger partial charge in [-0.2, -0.15) is 0 Å². The van der Waals surface area contributed by atoms with Crippen LogP contribution in [0.2, 0.25) is 0 Å². The normalized spacial score (nSPS) is 28.7. The summed E-state index contributed by atoms with van der Waals surface area (Å²) >= 11 is 0. The van der Waals surface area contributed by atoms with Gasteiger partial charge < -0.3 is 5.32 Å². The highest BCUT2D eigenvalue weighted by Gasteiger charge is 2.32. The van der Waals surface area contributed by atoms with Crippen molar-refractivity contribution < 1.29 is 0 Å². The van der Waals surface area contributed by atoms with Crippen LogP contribution in [0.25, 0.3) is 0 Å². The summed E-state index contributed by atoms with van der Waals surface area (Å²) in [5.74, 6) is 0.746. The molecule has 1 aliphatic rings. The first kappa shape index (κ1) is 14.0. The molecule has 2 heteroatoms. The molecule has 1 unspecified atom stereocenters. The van der Waals surface area contributed by atoms with Crippen LogP contribution in [-0.4, -0.2) is 36.6 Å². The fourth-order valence-corrected chi connectivity index (χ4v) is 2.27. The highest BCUT2D eigenvalue weighted by atomic mass is 15.2. The first-order chi connectivity index (χ1) is 7.29. The van der Waals surface area contributed by atoms with Gasteiger partial charge in [-0.25, -0.2) is 0 Å². The number of rotatable bonds is 4. The van der Waals surface area contributed by atoms with Gasteiger partial charge in [0, 0.05) is 31.7 Å². The quantitative estimate of drug-likeness (QED) is 0.793. The summed E-state index contributed by atoms with van der Waals surface area (Å²) in [6, 6.07) is 0. The van der Waals surface area contributed by atoms with E-state index in [-0.39, 0.29) is 0 Å². The zero-order valence-electron chi connectivity index (χ0n) is 12.1.